The van der Waals surface area contributed by atoms with Gasteiger partial charge in [0, 0.05) is 44.9 Å². The van der Waals surface area contributed by atoms with Crippen LogP contribution < -0.4 is 10.1 Å². The summed E-state index contributed by atoms with van der Waals surface area (Å²) in [4.78, 5) is 18.4. The minimum Gasteiger partial charge on any atom is -0.491 e. The van der Waals surface area contributed by atoms with E-state index >= 15 is 4.39 Å². The highest BCUT2D eigenvalue weighted by Gasteiger charge is 2.39. The fourth-order valence-corrected chi connectivity index (χ4v) is 5.05. The van der Waals surface area contributed by atoms with Gasteiger partial charge in [0.1, 0.15) is 23.8 Å². The van der Waals surface area contributed by atoms with Gasteiger partial charge in [-0.1, -0.05) is 18.2 Å². The van der Waals surface area contributed by atoms with Crippen LogP contribution >= 0.6 is 0 Å². The van der Waals surface area contributed by atoms with Crippen LogP contribution in [0.15, 0.2) is 36.4 Å². The molecule has 8 heteroatoms. The van der Waals surface area contributed by atoms with Crippen LogP contribution in [0.1, 0.15) is 48.4 Å². The Morgan fingerprint density at radius 1 is 1.31 bits per heavy atom. The fraction of sp³-hybridized carbons (Fsp3) is 0.556. The quantitative estimate of drug-likeness (QED) is 0.439. The van der Waals surface area contributed by atoms with Gasteiger partial charge in [0.2, 0.25) is 0 Å². The second-order valence-corrected chi connectivity index (χ2v) is 9.69. The first-order valence-electron chi connectivity index (χ1n) is 12.5. The third kappa shape index (κ3) is 7.15. The van der Waals surface area contributed by atoms with Crippen molar-refractivity contribution in [3.63, 3.8) is 0 Å². The largest absolute Gasteiger partial charge is 0.491 e. The Bertz CT molecular complexity index is 1000. The number of aliphatic carboxylic acids is 1. The smallest absolute Gasteiger partial charge is 0.304 e. The average Bonchev–Trinajstić information content (AvgIpc) is 3.23. The molecule has 0 saturated carbocycles. The number of rotatable bonds is 12. The maximum atomic E-state index is 15.7. The van der Waals surface area contributed by atoms with Crippen molar-refractivity contribution in [3.05, 3.63) is 53.2 Å². The van der Waals surface area contributed by atoms with E-state index in [-0.39, 0.29) is 12.3 Å². The van der Waals surface area contributed by atoms with Crippen LogP contribution in [0.2, 0.25) is 0 Å². The van der Waals surface area contributed by atoms with Gasteiger partial charge in [-0.2, -0.15) is 0 Å². The molecule has 190 valence electrons. The highest BCUT2D eigenvalue weighted by molar-refractivity contribution is 5.68. The molecule has 2 N–H and O–H groups in total. The number of benzene rings is 1. The molecule has 0 aliphatic carbocycles. The molecule has 3 heterocycles. The van der Waals surface area contributed by atoms with Crippen LogP contribution in [-0.4, -0.2) is 73.1 Å². The molecule has 1 fully saturated rings. The summed E-state index contributed by atoms with van der Waals surface area (Å²) in [6, 6.07) is 11.7. The van der Waals surface area contributed by atoms with E-state index in [9.17, 15) is 9.90 Å². The van der Waals surface area contributed by atoms with Gasteiger partial charge in [-0.3, -0.25) is 9.69 Å². The molecule has 0 amide bonds. The zero-order valence-electron chi connectivity index (χ0n) is 20.5. The maximum Gasteiger partial charge on any atom is 0.304 e. The van der Waals surface area contributed by atoms with Crippen molar-refractivity contribution in [3.8, 4) is 5.75 Å². The zero-order chi connectivity index (χ0) is 24.7. The van der Waals surface area contributed by atoms with E-state index in [1.165, 1.54) is 5.56 Å². The number of anilines is 1. The van der Waals surface area contributed by atoms with Gasteiger partial charge >= 0.3 is 5.97 Å². The highest BCUT2D eigenvalue weighted by atomic mass is 19.1. The van der Waals surface area contributed by atoms with E-state index in [1.54, 1.807) is 7.11 Å². The van der Waals surface area contributed by atoms with Gasteiger partial charge in [-0.15, -0.1) is 0 Å². The van der Waals surface area contributed by atoms with Crippen molar-refractivity contribution >= 4 is 11.8 Å². The summed E-state index contributed by atoms with van der Waals surface area (Å²) in [5, 5.41) is 12.8. The standard InChI is InChI=1S/C27H36FN3O4/c1-34-14-15-35-24-6-2-4-21(16-24)22(17-25(32)33)18-31-13-11-27(28,19-31)10-9-23-8-7-20-5-3-12-29-26(20)30-23/h2,4,6-8,16,22H,3,5,9-15,17-19H2,1H3,(H,29,30)(H,32,33). The van der Waals surface area contributed by atoms with Gasteiger partial charge in [-0.25, -0.2) is 9.37 Å². The monoisotopic (exact) mass is 485 g/mol. The number of carboxylic acids is 1. The van der Waals surface area contributed by atoms with Crippen LogP contribution in [0, 0.1) is 0 Å². The average molecular weight is 486 g/mol. The Morgan fingerprint density at radius 2 is 2.20 bits per heavy atom. The lowest BCUT2D eigenvalue weighted by Gasteiger charge is -2.25. The number of alkyl halides is 1. The number of aryl methyl sites for hydroxylation is 2. The van der Waals surface area contributed by atoms with Gasteiger partial charge in [0.05, 0.1) is 13.0 Å². The van der Waals surface area contributed by atoms with Gasteiger partial charge in [0.25, 0.3) is 0 Å². The summed E-state index contributed by atoms with van der Waals surface area (Å²) in [6.45, 7) is 3.28. The third-order valence-electron chi connectivity index (χ3n) is 6.95. The first kappa shape index (κ1) is 25.4. The first-order valence-corrected chi connectivity index (χ1v) is 12.5. The number of nitrogens with zero attached hydrogens (tertiary/aromatic N) is 2. The van der Waals surface area contributed by atoms with Crippen LogP contribution in [-0.2, 0) is 22.4 Å². The molecule has 2 unspecified atom stereocenters. The number of pyridine rings is 1. The summed E-state index contributed by atoms with van der Waals surface area (Å²) in [7, 11) is 1.62. The Labute approximate surface area is 206 Å². The van der Waals surface area contributed by atoms with E-state index in [0.717, 1.165) is 36.5 Å². The molecule has 2 aliphatic rings. The molecule has 0 bridgehead atoms. The van der Waals surface area contributed by atoms with Crippen LogP contribution in [0.5, 0.6) is 5.75 Å². The van der Waals surface area contributed by atoms with Crippen molar-refractivity contribution in [1.29, 1.82) is 0 Å². The van der Waals surface area contributed by atoms with E-state index in [2.05, 4.69) is 16.3 Å². The molecule has 35 heavy (non-hydrogen) atoms. The molecule has 4 rings (SSSR count). The molecule has 0 spiro atoms. The molecular formula is C27H36FN3O4. The Kier molecular flexibility index (Phi) is 8.57. The number of likely N-dealkylation sites (tertiary alicyclic amines) is 1. The predicted molar refractivity (Wildman–Crippen MR) is 133 cm³/mol. The van der Waals surface area contributed by atoms with Crippen molar-refractivity contribution in [1.82, 2.24) is 9.88 Å². The molecule has 1 saturated heterocycles. The Hall–Kier alpha value is -2.71. The van der Waals surface area contributed by atoms with E-state index < -0.39 is 11.6 Å². The highest BCUT2D eigenvalue weighted by Crippen LogP contribution is 2.33. The second-order valence-electron chi connectivity index (χ2n) is 9.69. The molecular weight excluding hydrogens is 449 g/mol. The number of halogens is 1. The summed E-state index contributed by atoms with van der Waals surface area (Å²) in [5.41, 5.74) is 1.76. The summed E-state index contributed by atoms with van der Waals surface area (Å²) in [6.07, 6.45) is 3.61. The lowest BCUT2D eigenvalue weighted by Crippen LogP contribution is -2.32. The second kappa shape index (κ2) is 11.8. The number of carboxylic acid groups (broad SMARTS) is 1. The molecule has 2 aromatic rings. The molecule has 0 radical (unpaired) electrons. The molecule has 2 aliphatic heterocycles. The zero-order valence-corrected chi connectivity index (χ0v) is 20.5. The van der Waals surface area contributed by atoms with E-state index in [4.69, 9.17) is 14.5 Å². The first-order chi connectivity index (χ1) is 16.9. The summed E-state index contributed by atoms with van der Waals surface area (Å²) in [5.74, 6) is 0.524. The molecule has 1 aromatic carbocycles. The number of nitrogens with one attached hydrogen (secondary N) is 1. The SMILES string of the molecule is COCCOc1cccc(C(CC(=O)O)CN2CCC(F)(CCc3ccc4c(n3)NCCC4)C2)c1. The van der Waals surface area contributed by atoms with Gasteiger partial charge < -0.3 is 19.9 Å². The molecule has 1 aromatic heterocycles. The van der Waals surface area contributed by atoms with Crippen LogP contribution in [0.25, 0.3) is 0 Å². The summed E-state index contributed by atoms with van der Waals surface area (Å²) < 4.78 is 26.4. The summed E-state index contributed by atoms with van der Waals surface area (Å²) >= 11 is 0. The number of methoxy groups -OCH3 is 1. The maximum absolute atomic E-state index is 15.7. The van der Waals surface area contributed by atoms with Crippen LogP contribution in [0.4, 0.5) is 10.2 Å². The lowest BCUT2D eigenvalue weighted by atomic mass is 9.94. The topological polar surface area (TPSA) is 83.9 Å². The third-order valence-corrected chi connectivity index (χ3v) is 6.95. The number of ether oxygens (including phenoxy) is 2. The lowest BCUT2D eigenvalue weighted by molar-refractivity contribution is -0.137. The van der Waals surface area contributed by atoms with Crippen molar-refractivity contribution in [2.45, 2.75) is 50.1 Å². The number of hydrogen-bond donors (Lipinski definition) is 2. The molecule has 7 nitrogen and oxygen atoms in total. The minimum atomic E-state index is -1.29. The number of fused-ring (bicyclic) bond motifs is 1. The normalized spacial score (nSPS) is 20.7. The minimum absolute atomic E-state index is 0.0106. The van der Waals surface area contributed by atoms with Crippen molar-refractivity contribution in [2.75, 3.05) is 51.8 Å². The Morgan fingerprint density at radius 3 is 3.03 bits per heavy atom. The van der Waals surface area contributed by atoms with E-state index in [0.29, 0.717) is 57.9 Å². The Balaban J connectivity index is 1.35. The van der Waals surface area contributed by atoms with Crippen molar-refractivity contribution < 1.29 is 23.8 Å². The predicted octanol–water partition coefficient (Wildman–Crippen LogP) is 4.07. The molecule has 2 atom stereocenters. The number of aromatic nitrogens is 1. The fourth-order valence-electron chi connectivity index (χ4n) is 5.05. The van der Waals surface area contributed by atoms with E-state index in [1.807, 2.05) is 30.3 Å². The van der Waals surface area contributed by atoms with Crippen molar-refractivity contribution in [2.24, 2.45) is 0 Å². The van der Waals surface area contributed by atoms with Gasteiger partial charge in [0.15, 0.2) is 0 Å². The number of hydrogen-bond acceptors (Lipinski definition) is 6. The van der Waals surface area contributed by atoms with Gasteiger partial charge in [-0.05, 0) is 61.4 Å². The number of carbonyl (C=O) groups is 1. The van der Waals surface area contributed by atoms with Crippen LogP contribution in [0.3, 0.4) is 0 Å².